The number of fused-ring (bicyclic) bond motifs is 1. The van der Waals surface area contributed by atoms with Gasteiger partial charge in [0.15, 0.2) is 0 Å². The molecule has 7 nitrogen and oxygen atoms in total. The minimum atomic E-state index is -0.627. The topological polar surface area (TPSA) is 89.9 Å². The lowest BCUT2D eigenvalue weighted by Crippen LogP contribution is -2.36. The van der Waals surface area contributed by atoms with Gasteiger partial charge in [0.2, 0.25) is 0 Å². The molecule has 0 aliphatic carbocycles. The first-order chi connectivity index (χ1) is 17.5. The molecule has 1 fully saturated rings. The summed E-state index contributed by atoms with van der Waals surface area (Å²) in [5.41, 5.74) is 4.54. The van der Waals surface area contributed by atoms with Crippen molar-refractivity contribution in [2.75, 3.05) is 0 Å². The fourth-order valence-corrected chi connectivity index (χ4v) is 4.68. The van der Waals surface area contributed by atoms with Crippen molar-refractivity contribution < 1.29 is 19.6 Å². The normalized spacial score (nSPS) is 15.5. The van der Waals surface area contributed by atoms with E-state index in [0.29, 0.717) is 18.5 Å². The molecule has 1 aliphatic rings. The SMILES string of the molecule is O=C(NO)c1ccc(CN2C(=O)C(Cc3ccccc3)N(Cc3cccc4ccccc34)C2=O)cc1. The summed E-state index contributed by atoms with van der Waals surface area (Å²) in [5.74, 6) is -0.875. The molecule has 0 aromatic heterocycles. The van der Waals surface area contributed by atoms with Crippen LogP contribution in [0.1, 0.15) is 27.0 Å². The molecule has 1 saturated heterocycles. The van der Waals surface area contributed by atoms with Crippen molar-refractivity contribution >= 4 is 28.6 Å². The van der Waals surface area contributed by atoms with Gasteiger partial charge >= 0.3 is 6.03 Å². The Morgan fingerprint density at radius 3 is 2.22 bits per heavy atom. The Balaban J connectivity index is 1.45. The van der Waals surface area contributed by atoms with E-state index in [1.807, 2.05) is 72.8 Å². The zero-order valence-electron chi connectivity index (χ0n) is 19.5. The van der Waals surface area contributed by atoms with E-state index in [0.717, 1.165) is 21.9 Å². The van der Waals surface area contributed by atoms with Gasteiger partial charge < -0.3 is 4.90 Å². The molecule has 4 aromatic carbocycles. The van der Waals surface area contributed by atoms with Crippen LogP contribution in [0.15, 0.2) is 97.1 Å². The quantitative estimate of drug-likeness (QED) is 0.231. The fraction of sp³-hybridized carbons (Fsp3) is 0.138. The molecular weight excluding hydrogens is 454 g/mol. The van der Waals surface area contributed by atoms with Gasteiger partial charge in [-0.05, 0) is 39.6 Å². The number of hydroxylamine groups is 1. The van der Waals surface area contributed by atoms with Gasteiger partial charge in [-0.25, -0.2) is 10.3 Å². The van der Waals surface area contributed by atoms with Gasteiger partial charge in [-0.1, -0.05) is 84.9 Å². The molecule has 1 aliphatic heterocycles. The van der Waals surface area contributed by atoms with Gasteiger partial charge in [-0.3, -0.25) is 19.7 Å². The fourth-order valence-electron chi connectivity index (χ4n) is 4.68. The van der Waals surface area contributed by atoms with E-state index in [4.69, 9.17) is 5.21 Å². The van der Waals surface area contributed by atoms with Crippen molar-refractivity contribution in [2.24, 2.45) is 0 Å². The molecule has 4 aromatic rings. The minimum Gasteiger partial charge on any atom is -0.308 e. The summed E-state index contributed by atoms with van der Waals surface area (Å²) in [6.07, 6.45) is 0.419. The summed E-state index contributed by atoms with van der Waals surface area (Å²) in [5, 5.41) is 11.0. The van der Waals surface area contributed by atoms with Crippen LogP contribution >= 0.6 is 0 Å². The third-order valence-electron chi connectivity index (χ3n) is 6.55. The predicted octanol–water partition coefficient (Wildman–Crippen LogP) is 4.53. The molecule has 0 spiro atoms. The molecule has 7 heteroatoms. The summed E-state index contributed by atoms with van der Waals surface area (Å²) in [4.78, 5) is 41.7. The molecular formula is C29H25N3O4. The van der Waals surface area contributed by atoms with Crippen molar-refractivity contribution in [3.8, 4) is 0 Å². The number of hydrogen-bond donors (Lipinski definition) is 2. The molecule has 180 valence electrons. The lowest BCUT2D eigenvalue weighted by molar-refractivity contribution is -0.128. The highest BCUT2D eigenvalue weighted by molar-refractivity contribution is 6.04. The minimum absolute atomic E-state index is 0.0933. The lowest BCUT2D eigenvalue weighted by Gasteiger charge is -2.23. The average molecular weight is 480 g/mol. The molecule has 1 atom stereocenters. The van der Waals surface area contributed by atoms with Crippen LogP contribution in [0.5, 0.6) is 0 Å². The van der Waals surface area contributed by atoms with Crippen LogP contribution < -0.4 is 5.48 Å². The second kappa shape index (κ2) is 10.0. The van der Waals surface area contributed by atoms with Crippen molar-refractivity contribution in [1.82, 2.24) is 15.3 Å². The van der Waals surface area contributed by atoms with E-state index in [2.05, 4.69) is 0 Å². The smallest absolute Gasteiger partial charge is 0.308 e. The predicted molar refractivity (Wildman–Crippen MR) is 135 cm³/mol. The number of nitrogens with one attached hydrogen (secondary N) is 1. The van der Waals surface area contributed by atoms with Crippen LogP contribution in [0.4, 0.5) is 4.79 Å². The maximum absolute atomic E-state index is 13.6. The standard InChI is InChI=1S/C29H25N3O4/c33-27(30-36)23-15-13-21(14-16-23)18-32-28(34)26(17-20-7-2-1-3-8-20)31(29(32)35)19-24-11-6-10-22-9-4-5-12-25(22)24/h1-16,26,36H,17-19H2,(H,30,33). The molecule has 0 radical (unpaired) electrons. The number of rotatable bonds is 7. The van der Waals surface area contributed by atoms with E-state index in [1.165, 1.54) is 4.90 Å². The molecule has 1 unspecified atom stereocenters. The molecule has 36 heavy (non-hydrogen) atoms. The van der Waals surface area contributed by atoms with Crippen LogP contribution in [0.3, 0.4) is 0 Å². The van der Waals surface area contributed by atoms with Crippen molar-refractivity contribution in [3.63, 3.8) is 0 Å². The number of imide groups is 1. The van der Waals surface area contributed by atoms with Crippen LogP contribution in [-0.2, 0) is 24.3 Å². The first kappa shape index (κ1) is 23.3. The van der Waals surface area contributed by atoms with E-state index in [-0.39, 0.29) is 24.0 Å². The molecule has 0 bridgehead atoms. The molecule has 1 heterocycles. The third-order valence-corrected chi connectivity index (χ3v) is 6.55. The summed E-state index contributed by atoms with van der Waals surface area (Å²) < 4.78 is 0. The molecule has 5 rings (SSSR count). The van der Waals surface area contributed by atoms with Gasteiger partial charge in [0, 0.05) is 18.5 Å². The number of hydrogen-bond acceptors (Lipinski definition) is 4. The Morgan fingerprint density at radius 2 is 1.47 bits per heavy atom. The Bertz CT molecular complexity index is 1410. The van der Waals surface area contributed by atoms with Gasteiger partial charge in [-0.2, -0.15) is 0 Å². The highest BCUT2D eigenvalue weighted by Crippen LogP contribution is 2.28. The van der Waals surface area contributed by atoms with Crippen molar-refractivity contribution in [1.29, 1.82) is 0 Å². The number of carbonyl (C=O) groups excluding carboxylic acids is 3. The maximum atomic E-state index is 13.6. The van der Waals surface area contributed by atoms with E-state index in [1.54, 1.807) is 34.6 Å². The summed E-state index contributed by atoms with van der Waals surface area (Å²) >= 11 is 0. The highest BCUT2D eigenvalue weighted by atomic mass is 16.5. The number of urea groups is 1. The van der Waals surface area contributed by atoms with Crippen LogP contribution in [0.25, 0.3) is 10.8 Å². The third kappa shape index (κ3) is 4.56. The molecule has 2 N–H and O–H groups in total. The van der Waals surface area contributed by atoms with Crippen molar-refractivity contribution in [3.05, 3.63) is 119 Å². The Morgan fingerprint density at radius 1 is 0.778 bits per heavy atom. The Kier molecular flexibility index (Phi) is 6.47. The number of nitrogens with zero attached hydrogens (tertiary/aromatic N) is 2. The zero-order chi connectivity index (χ0) is 25.1. The Hall–Kier alpha value is -4.49. The lowest BCUT2D eigenvalue weighted by atomic mass is 10.0. The number of carbonyl (C=O) groups is 3. The maximum Gasteiger partial charge on any atom is 0.328 e. The summed E-state index contributed by atoms with van der Waals surface area (Å²) in [6.45, 7) is 0.408. The van der Waals surface area contributed by atoms with Gasteiger partial charge in [0.05, 0.1) is 6.54 Å². The largest absolute Gasteiger partial charge is 0.328 e. The van der Waals surface area contributed by atoms with Gasteiger partial charge in [0.1, 0.15) is 6.04 Å². The zero-order valence-corrected chi connectivity index (χ0v) is 19.5. The van der Waals surface area contributed by atoms with E-state index >= 15 is 0 Å². The van der Waals surface area contributed by atoms with E-state index < -0.39 is 11.9 Å². The van der Waals surface area contributed by atoms with Crippen LogP contribution in [0, 0.1) is 0 Å². The van der Waals surface area contributed by atoms with Crippen molar-refractivity contribution in [2.45, 2.75) is 25.6 Å². The summed E-state index contributed by atoms with van der Waals surface area (Å²) in [6, 6.07) is 29.2. The average Bonchev–Trinajstić information content (AvgIpc) is 3.13. The van der Waals surface area contributed by atoms with Crippen LogP contribution in [-0.4, -0.2) is 38.9 Å². The number of benzene rings is 4. The monoisotopic (exact) mass is 479 g/mol. The summed E-state index contributed by atoms with van der Waals surface area (Å²) in [7, 11) is 0. The van der Waals surface area contributed by atoms with Crippen LogP contribution in [0.2, 0.25) is 0 Å². The highest BCUT2D eigenvalue weighted by Gasteiger charge is 2.44. The first-order valence-electron chi connectivity index (χ1n) is 11.7. The second-order valence-corrected chi connectivity index (χ2v) is 8.82. The number of amides is 4. The van der Waals surface area contributed by atoms with E-state index in [9.17, 15) is 14.4 Å². The molecule has 4 amide bonds. The Labute approximate surface area is 208 Å². The molecule has 0 saturated carbocycles. The second-order valence-electron chi connectivity index (χ2n) is 8.82. The first-order valence-corrected chi connectivity index (χ1v) is 11.7. The van der Waals surface area contributed by atoms with Gasteiger partial charge in [-0.15, -0.1) is 0 Å². The van der Waals surface area contributed by atoms with Gasteiger partial charge in [0.25, 0.3) is 11.8 Å².